The van der Waals surface area contributed by atoms with Gasteiger partial charge >= 0.3 is 0 Å². The van der Waals surface area contributed by atoms with E-state index in [-0.39, 0.29) is 31.8 Å². The molecule has 33 heavy (non-hydrogen) atoms. The van der Waals surface area contributed by atoms with Gasteiger partial charge in [-0.3, -0.25) is 14.5 Å². The van der Waals surface area contributed by atoms with Gasteiger partial charge in [-0.2, -0.15) is 0 Å². The minimum absolute atomic E-state index is 0.133. The van der Waals surface area contributed by atoms with Crippen molar-refractivity contribution < 1.29 is 28.2 Å². The number of hydrogen-bond acceptors (Lipinski definition) is 5. The van der Waals surface area contributed by atoms with Crippen LogP contribution in [0.5, 0.6) is 11.5 Å². The summed E-state index contributed by atoms with van der Waals surface area (Å²) in [6, 6.07) is 10.2. The predicted octanol–water partition coefficient (Wildman–Crippen LogP) is 3.62. The molecule has 2 aromatic rings. The van der Waals surface area contributed by atoms with Gasteiger partial charge in [0.1, 0.15) is 17.6 Å². The Morgan fingerprint density at radius 2 is 1.82 bits per heavy atom. The number of fused-ring (bicyclic) bond motifs is 1. The van der Waals surface area contributed by atoms with Crippen LogP contribution < -0.4 is 14.8 Å². The Kier molecular flexibility index (Phi) is 5.70. The number of amides is 2. The van der Waals surface area contributed by atoms with E-state index in [4.69, 9.17) is 14.2 Å². The SMILES string of the molecule is CC1CCC2(CC1)OCC(C(=O)NCc1ccc3c(c1)OCO3)N2C(=O)c1ccc(F)cc1. The highest BCUT2D eigenvalue weighted by Crippen LogP contribution is 2.43. The summed E-state index contributed by atoms with van der Waals surface area (Å²) >= 11 is 0. The molecule has 5 rings (SSSR count). The van der Waals surface area contributed by atoms with Gasteiger partial charge in [0, 0.05) is 12.1 Å². The van der Waals surface area contributed by atoms with Crippen LogP contribution in [0.25, 0.3) is 0 Å². The van der Waals surface area contributed by atoms with Crippen molar-refractivity contribution in [3.05, 3.63) is 59.4 Å². The second-order valence-electron chi connectivity index (χ2n) is 9.04. The monoisotopic (exact) mass is 454 g/mol. The number of carbonyl (C=O) groups is 2. The molecule has 1 N–H and O–H groups in total. The number of halogens is 1. The molecule has 8 heteroatoms. The topological polar surface area (TPSA) is 77.1 Å². The molecule has 1 saturated heterocycles. The van der Waals surface area contributed by atoms with E-state index in [1.54, 1.807) is 4.90 Å². The molecule has 1 unspecified atom stereocenters. The standard InChI is InChI=1S/C25H27FN2O5/c1-16-8-10-25(11-9-16)28(24(30)18-3-5-19(26)6-4-18)20(14-33-25)23(29)27-13-17-2-7-21-22(12-17)32-15-31-21/h2-7,12,16,20H,8-11,13-15H2,1H3,(H,27,29). The lowest BCUT2D eigenvalue weighted by molar-refractivity contribution is -0.128. The second-order valence-corrected chi connectivity index (χ2v) is 9.04. The first kappa shape index (κ1) is 21.7. The van der Waals surface area contributed by atoms with Crippen molar-refractivity contribution in [2.24, 2.45) is 5.92 Å². The zero-order valence-electron chi connectivity index (χ0n) is 18.5. The van der Waals surface area contributed by atoms with E-state index >= 15 is 0 Å². The van der Waals surface area contributed by atoms with Gasteiger partial charge in [0.25, 0.3) is 5.91 Å². The molecule has 0 aromatic heterocycles. The lowest BCUT2D eigenvalue weighted by atomic mass is 9.83. The Hall–Kier alpha value is -3.13. The summed E-state index contributed by atoms with van der Waals surface area (Å²) in [6.45, 7) is 2.79. The van der Waals surface area contributed by atoms with Crippen molar-refractivity contribution in [1.29, 1.82) is 0 Å². The van der Waals surface area contributed by atoms with Gasteiger partial charge in [-0.15, -0.1) is 0 Å². The van der Waals surface area contributed by atoms with Crippen molar-refractivity contribution in [3.63, 3.8) is 0 Å². The molecular weight excluding hydrogens is 427 g/mol. The fraction of sp³-hybridized carbons (Fsp3) is 0.440. The zero-order valence-corrected chi connectivity index (χ0v) is 18.5. The second kappa shape index (κ2) is 8.67. The highest BCUT2D eigenvalue weighted by atomic mass is 19.1. The number of rotatable bonds is 4. The van der Waals surface area contributed by atoms with Gasteiger partial charge in [0.15, 0.2) is 11.5 Å². The molecule has 1 spiro atoms. The smallest absolute Gasteiger partial charge is 0.256 e. The first-order chi connectivity index (χ1) is 15.9. The first-order valence-corrected chi connectivity index (χ1v) is 11.3. The molecule has 0 bridgehead atoms. The van der Waals surface area contributed by atoms with Gasteiger partial charge in [-0.05, 0) is 73.6 Å². The summed E-state index contributed by atoms with van der Waals surface area (Å²) in [5, 5.41) is 2.94. The summed E-state index contributed by atoms with van der Waals surface area (Å²) in [6.07, 6.45) is 3.18. The summed E-state index contributed by atoms with van der Waals surface area (Å²) in [7, 11) is 0. The fourth-order valence-corrected chi connectivity index (χ4v) is 4.87. The van der Waals surface area contributed by atoms with Crippen LogP contribution in [0.2, 0.25) is 0 Å². The quantitative estimate of drug-likeness (QED) is 0.764. The molecule has 2 heterocycles. The number of carbonyl (C=O) groups excluding carboxylic acids is 2. The van der Waals surface area contributed by atoms with E-state index in [0.717, 1.165) is 18.4 Å². The predicted molar refractivity (Wildman–Crippen MR) is 117 cm³/mol. The Bertz CT molecular complexity index is 1050. The zero-order chi connectivity index (χ0) is 23.0. The largest absolute Gasteiger partial charge is 0.454 e. The number of benzene rings is 2. The van der Waals surface area contributed by atoms with Gasteiger partial charge in [-0.25, -0.2) is 4.39 Å². The Labute approximate surface area is 191 Å². The first-order valence-electron chi connectivity index (χ1n) is 11.3. The summed E-state index contributed by atoms with van der Waals surface area (Å²) in [4.78, 5) is 28.4. The Morgan fingerprint density at radius 1 is 1.09 bits per heavy atom. The lowest BCUT2D eigenvalue weighted by Gasteiger charge is -2.43. The van der Waals surface area contributed by atoms with Crippen LogP contribution in [0.15, 0.2) is 42.5 Å². The van der Waals surface area contributed by atoms with E-state index < -0.39 is 17.6 Å². The van der Waals surface area contributed by atoms with Crippen LogP contribution in [-0.4, -0.2) is 41.9 Å². The van der Waals surface area contributed by atoms with Crippen LogP contribution in [0, 0.1) is 11.7 Å². The molecule has 0 radical (unpaired) electrons. The highest BCUT2D eigenvalue weighted by Gasteiger charge is 2.53. The molecule has 1 aliphatic carbocycles. The third-order valence-corrected chi connectivity index (χ3v) is 6.83. The van der Waals surface area contributed by atoms with E-state index in [1.807, 2.05) is 18.2 Å². The molecule has 7 nitrogen and oxygen atoms in total. The molecular formula is C25H27FN2O5. The van der Waals surface area contributed by atoms with Crippen LogP contribution >= 0.6 is 0 Å². The van der Waals surface area contributed by atoms with Crippen molar-refractivity contribution >= 4 is 11.8 Å². The molecule has 2 aliphatic heterocycles. The fourth-order valence-electron chi connectivity index (χ4n) is 4.87. The van der Waals surface area contributed by atoms with Crippen molar-refractivity contribution in [3.8, 4) is 11.5 Å². The van der Waals surface area contributed by atoms with Crippen molar-refractivity contribution in [1.82, 2.24) is 10.2 Å². The Morgan fingerprint density at radius 3 is 2.58 bits per heavy atom. The van der Waals surface area contributed by atoms with Gasteiger partial charge < -0.3 is 19.5 Å². The van der Waals surface area contributed by atoms with Gasteiger partial charge in [0.2, 0.25) is 12.7 Å². The third kappa shape index (κ3) is 4.15. The average Bonchev–Trinajstić information content (AvgIpc) is 3.44. The van der Waals surface area contributed by atoms with E-state index in [9.17, 15) is 14.0 Å². The molecule has 1 atom stereocenters. The number of hydrogen-bond donors (Lipinski definition) is 1. The minimum Gasteiger partial charge on any atom is -0.454 e. The highest BCUT2D eigenvalue weighted by molar-refractivity contribution is 5.98. The van der Waals surface area contributed by atoms with Gasteiger partial charge in [-0.1, -0.05) is 13.0 Å². The molecule has 3 aliphatic rings. The Balaban J connectivity index is 1.36. The maximum atomic E-state index is 13.5. The maximum absolute atomic E-state index is 13.5. The molecule has 2 fully saturated rings. The van der Waals surface area contributed by atoms with Crippen molar-refractivity contribution in [2.75, 3.05) is 13.4 Å². The summed E-state index contributed by atoms with van der Waals surface area (Å²) in [5.41, 5.74) is 0.399. The number of ether oxygens (including phenoxy) is 3. The van der Waals surface area contributed by atoms with E-state index in [2.05, 4.69) is 12.2 Å². The van der Waals surface area contributed by atoms with Crippen LogP contribution in [0.1, 0.15) is 48.5 Å². The summed E-state index contributed by atoms with van der Waals surface area (Å²) < 4.78 is 30.4. The maximum Gasteiger partial charge on any atom is 0.256 e. The average molecular weight is 454 g/mol. The minimum atomic E-state index is -0.807. The summed E-state index contributed by atoms with van der Waals surface area (Å²) in [5.74, 6) is 0.862. The van der Waals surface area contributed by atoms with Crippen LogP contribution in [0.4, 0.5) is 4.39 Å². The van der Waals surface area contributed by atoms with Crippen molar-refractivity contribution in [2.45, 2.75) is 50.9 Å². The molecule has 2 aromatic carbocycles. The molecule has 2 amide bonds. The van der Waals surface area contributed by atoms with Crippen LogP contribution in [-0.2, 0) is 16.1 Å². The van der Waals surface area contributed by atoms with Gasteiger partial charge in [0.05, 0.1) is 6.61 Å². The molecule has 1 saturated carbocycles. The van der Waals surface area contributed by atoms with E-state index in [0.29, 0.717) is 35.8 Å². The van der Waals surface area contributed by atoms with E-state index in [1.165, 1.54) is 24.3 Å². The lowest BCUT2D eigenvalue weighted by Crippen LogP contribution is -2.56. The normalized spacial score (nSPS) is 25.9. The van der Waals surface area contributed by atoms with Crippen LogP contribution in [0.3, 0.4) is 0 Å². The number of nitrogens with one attached hydrogen (secondary N) is 1. The molecule has 174 valence electrons. The third-order valence-electron chi connectivity index (χ3n) is 6.83. The number of nitrogens with zero attached hydrogens (tertiary/aromatic N) is 1.